The van der Waals surface area contributed by atoms with Crippen LogP contribution in [0.3, 0.4) is 0 Å². The molecule has 3 heteroatoms. The monoisotopic (exact) mass is 133 g/mol. The van der Waals surface area contributed by atoms with Crippen LogP contribution in [0.4, 0.5) is 0 Å². The summed E-state index contributed by atoms with van der Waals surface area (Å²) in [5, 5.41) is 8.49. The molecular formula is C6H15NO2. The Bertz CT molecular complexity index is 59.0. The highest BCUT2D eigenvalue weighted by molar-refractivity contribution is 4.47. The molecule has 1 unspecified atom stereocenters. The van der Waals surface area contributed by atoms with Crippen molar-refractivity contribution in [3.05, 3.63) is 0 Å². The van der Waals surface area contributed by atoms with Gasteiger partial charge in [-0.05, 0) is 13.3 Å². The molecule has 0 aliphatic heterocycles. The van der Waals surface area contributed by atoms with Gasteiger partial charge in [0.05, 0.1) is 19.3 Å². The van der Waals surface area contributed by atoms with E-state index in [-0.39, 0.29) is 12.6 Å². The third-order valence-electron chi connectivity index (χ3n) is 0.865. The summed E-state index contributed by atoms with van der Waals surface area (Å²) in [6, 6.07) is 0.0385. The van der Waals surface area contributed by atoms with E-state index in [1.165, 1.54) is 0 Å². The first-order valence-corrected chi connectivity index (χ1v) is 3.29. The van der Waals surface area contributed by atoms with E-state index >= 15 is 0 Å². The molecule has 0 heterocycles. The molecule has 1 atom stereocenters. The molecule has 0 spiro atoms. The maximum Gasteiger partial charge on any atom is 0.0679 e. The van der Waals surface area contributed by atoms with E-state index in [1.807, 2.05) is 13.8 Å². The average Bonchev–Trinajstić information content (AvgIpc) is 1.89. The summed E-state index contributed by atoms with van der Waals surface area (Å²) in [7, 11) is 0. The van der Waals surface area contributed by atoms with Crippen molar-refractivity contribution in [2.45, 2.75) is 26.3 Å². The van der Waals surface area contributed by atoms with E-state index in [9.17, 15) is 0 Å². The number of aliphatic hydroxyl groups is 1. The van der Waals surface area contributed by atoms with Gasteiger partial charge < -0.3 is 9.94 Å². The highest BCUT2D eigenvalue weighted by atomic mass is 16.6. The summed E-state index contributed by atoms with van der Waals surface area (Å²) in [5.41, 5.74) is 2.68. The van der Waals surface area contributed by atoms with E-state index in [1.54, 1.807) is 0 Å². The Labute approximate surface area is 56.0 Å². The zero-order chi connectivity index (χ0) is 7.11. The summed E-state index contributed by atoms with van der Waals surface area (Å²) in [5.74, 6) is 0. The quantitative estimate of drug-likeness (QED) is 0.418. The van der Waals surface area contributed by atoms with E-state index in [4.69, 9.17) is 9.94 Å². The van der Waals surface area contributed by atoms with Crippen molar-refractivity contribution in [3.63, 3.8) is 0 Å². The molecule has 0 aliphatic rings. The molecule has 0 aromatic carbocycles. The molecule has 0 aliphatic carbocycles. The normalized spacial score (nSPS) is 13.7. The van der Waals surface area contributed by atoms with E-state index in [0.717, 1.165) is 6.42 Å². The van der Waals surface area contributed by atoms with Gasteiger partial charge in [0.25, 0.3) is 0 Å². The first-order chi connectivity index (χ1) is 4.31. The fraction of sp³-hybridized carbons (Fsp3) is 1.00. The fourth-order valence-corrected chi connectivity index (χ4v) is 0.341. The van der Waals surface area contributed by atoms with Gasteiger partial charge in [-0.3, -0.25) is 0 Å². The molecule has 3 nitrogen and oxygen atoms in total. The molecule has 0 bridgehead atoms. The highest BCUT2D eigenvalue weighted by Crippen LogP contribution is 1.80. The molecule has 0 saturated carbocycles. The summed E-state index contributed by atoms with van der Waals surface area (Å²) < 4.78 is 0. The third kappa shape index (κ3) is 5.76. The van der Waals surface area contributed by atoms with Crippen LogP contribution in [0.15, 0.2) is 0 Å². The molecule has 56 valence electrons. The van der Waals surface area contributed by atoms with Gasteiger partial charge >= 0.3 is 0 Å². The minimum absolute atomic E-state index is 0.0385. The lowest BCUT2D eigenvalue weighted by atomic mass is 10.4. The second-order valence-corrected chi connectivity index (χ2v) is 2.05. The van der Waals surface area contributed by atoms with Gasteiger partial charge in [-0.1, -0.05) is 6.92 Å². The Morgan fingerprint density at radius 1 is 1.67 bits per heavy atom. The van der Waals surface area contributed by atoms with Crippen molar-refractivity contribution >= 4 is 0 Å². The summed E-state index contributed by atoms with van der Waals surface area (Å²) in [4.78, 5) is 4.93. The summed E-state index contributed by atoms with van der Waals surface area (Å²) in [6.07, 6.45) is 0.991. The molecule has 0 saturated heterocycles. The number of rotatable bonds is 5. The molecular weight excluding hydrogens is 118 g/mol. The zero-order valence-corrected chi connectivity index (χ0v) is 6.05. The predicted octanol–water partition coefficient (Wildman–Crippen LogP) is 0.298. The smallest absolute Gasteiger partial charge is 0.0679 e. The lowest BCUT2D eigenvalue weighted by molar-refractivity contribution is 0.00703. The van der Waals surface area contributed by atoms with Crippen LogP contribution < -0.4 is 5.48 Å². The van der Waals surface area contributed by atoms with Crippen LogP contribution in [0.1, 0.15) is 20.3 Å². The third-order valence-corrected chi connectivity index (χ3v) is 0.865. The van der Waals surface area contributed by atoms with Gasteiger partial charge in [0, 0.05) is 0 Å². The van der Waals surface area contributed by atoms with Crippen molar-refractivity contribution in [1.82, 2.24) is 5.48 Å². The number of nitrogens with one attached hydrogen (secondary N) is 1. The summed E-state index contributed by atoms with van der Waals surface area (Å²) >= 11 is 0. The molecule has 2 N–H and O–H groups in total. The van der Waals surface area contributed by atoms with Crippen molar-refractivity contribution in [2.24, 2.45) is 0 Å². The van der Waals surface area contributed by atoms with Crippen LogP contribution in [-0.4, -0.2) is 24.4 Å². The topological polar surface area (TPSA) is 41.5 Å². The minimum Gasteiger partial charge on any atom is -0.395 e. The Hall–Kier alpha value is -0.120. The lowest BCUT2D eigenvalue weighted by Crippen LogP contribution is -2.29. The molecule has 0 radical (unpaired) electrons. The molecule has 0 amide bonds. The Kier molecular flexibility index (Phi) is 5.93. The van der Waals surface area contributed by atoms with Crippen LogP contribution in [0.5, 0.6) is 0 Å². The molecule has 0 aromatic rings. The SMILES string of the molecule is CCCONC(C)CO. The van der Waals surface area contributed by atoms with Gasteiger partial charge in [0.1, 0.15) is 0 Å². The fourth-order valence-electron chi connectivity index (χ4n) is 0.341. The second-order valence-electron chi connectivity index (χ2n) is 2.05. The molecule has 0 aromatic heterocycles. The van der Waals surface area contributed by atoms with Crippen molar-refractivity contribution < 1.29 is 9.94 Å². The van der Waals surface area contributed by atoms with E-state index < -0.39 is 0 Å². The van der Waals surface area contributed by atoms with Crippen molar-refractivity contribution in [2.75, 3.05) is 13.2 Å². The number of aliphatic hydroxyl groups excluding tert-OH is 1. The number of hydrogen-bond acceptors (Lipinski definition) is 3. The zero-order valence-electron chi connectivity index (χ0n) is 6.05. The van der Waals surface area contributed by atoms with Gasteiger partial charge in [0.15, 0.2) is 0 Å². The van der Waals surface area contributed by atoms with Gasteiger partial charge in [-0.15, -0.1) is 0 Å². The summed E-state index contributed by atoms with van der Waals surface area (Å²) in [6.45, 7) is 4.70. The van der Waals surface area contributed by atoms with Crippen LogP contribution in [0.2, 0.25) is 0 Å². The number of hydroxylamine groups is 1. The first kappa shape index (κ1) is 8.88. The van der Waals surface area contributed by atoms with Crippen molar-refractivity contribution in [3.8, 4) is 0 Å². The Balaban J connectivity index is 2.88. The second kappa shape index (κ2) is 6.01. The van der Waals surface area contributed by atoms with E-state index in [0.29, 0.717) is 6.61 Å². The standard InChI is InChI=1S/C6H15NO2/c1-3-4-9-7-6(2)5-8/h6-8H,3-5H2,1-2H3. The average molecular weight is 133 g/mol. The van der Waals surface area contributed by atoms with Crippen LogP contribution >= 0.6 is 0 Å². The Morgan fingerprint density at radius 3 is 2.78 bits per heavy atom. The predicted molar refractivity (Wildman–Crippen MR) is 35.9 cm³/mol. The minimum atomic E-state index is 0.0385. The van der Waals surface area contributed by atoms with Gasteiger partial charge in [-0.2, -0.15) is 5.48 Å². The van der Waals surface area contributed by atoms with E-state index in [2.05, 4.69) is 5.48 Å². The van der Waals surface area contributed by atoms with Crippen LogP contribution in [0, 0.1) is 0 Å². The highest BCUT2D eigenvalue weighted by Gasteiger charge is 1.95. The van der Waals surface area contributed by atoms with Crippen molar-refractivity contribution in [1.29, 1.82) is 0 Å². The largest absolute Gasteiger partial charge is 0.395 e. The number of hydrogen-bond donors (Lipinski definition) is 2. The molecule has 0 fully saturated rings. The van der Waals surface area contributed by atoms with Crippen LogP contribution in [-0.2, 0) is 4.84 Å². The maximum atomic E-state index is 8.49. The first-order valence-electron chi connectivity index (χ1n) is 3.29. The van der Waals surface area contributed by atoms with Gasteiger partial charge in [0.2, 0.25) is 0 Å². The van der Waals surface area contributed by atoms with Gasteiger partial charge in [-0.25, -0.2) is 0 Å². The molecule has 9 heavy (non-hydrogen) atoms. The molecule has 0 rings (SSSR count). The van der Waals surface area contributed by atoms with Crippen LogP contribution in [0.25, 0.3) is 0 Å². The lowest BCUT2D eigenvalue weighted by Gasteiger charge is -2.08. The Morgan fingerprint density at radius 2 is 2.33 bits per heavy atom. The maximum absolute atomic E-state index is 8.49.